The zero-order valence-corrected chi connectivity index (χ0v) is 22.0. The molecule has 168 valence electrons. The van der Waals surface area contributed by atoms with Crippen molar-refractivity contribution < 1.29 is 5.11 Å². The lowest BCUT2D eigenvalue weighted by molar-refractivity contribution is 0.0815. The number of benzene rings is 1. The molecule has 0 aromatic heterocycles. The van der Waals surface area contributed by atoms with Crippen molar-refractivity contribution in [1.29, 1.82) is 0 Å². The van der Waals surface area contributed by atoms with Crippen LogP contribution in [0.5, 0.6) is 5.75 Å². The number of phenols is 1. The molecule has 4 aliphatic carbocycles. The molecule has 4 aliphatic rings. The van der Waals surface area contributed by atoms with Gasteiger partial charge in [-0.2, -0.15) is 0 Å². The van der Waals surface area contributed by atoms with E-state index in [9.17, 15) is 5.11 Å². The lowest BCUT2D eigenvalue weighted by Crippen LogP contribution is -2.38. The van der Waals surface area contributed by atoms with E-state index in [1.807, 2.05) is 0 Å². The molecular formula is C28H43BrO. The van der Waals surface area contributed by atoms with Gasteiger partial charge in [0.05, 0.1) is 0 Å². The van der Waals surface area contributed by atoms with Gasteiger partial charge < -0.3 is 5.11 Å². The normalized spacial score (nSPS) is 35.2. The van der Waals surface area contributed by atoms with Gasteiger partial charge in [0.2, 0.25) is 0 Å². The molecule has 5 rings (SSSR count). The molecule has 1 nitrogen and oxygen atoms in total. The van der Waals surface area contributed by atoms with E-state index in [0.29, 0.717) is 22.5 Å². The van der Waals surface area contributed by atoms with Gasteiger partial charge in [-0.05, 0) is 84.5 Å². The van der Waals surface area contributed by atoms with Gasteiger partial charge in [0.25, 0.3) is 0 Å². The summed E-state index contributed by atoms with van der Waals surface area (Å²) in [4.78, 5) is 0. The van der Waals surface area contributed by atoms with Crippen molar-refractivity contribution >= 4 is 15.9 Å². The lowest BCUT2D eigenvalue weighted by Gasteiger charge is -2.44. The molecule has 4 bridgehead atoms. The van der Waals surface area contributed by atoms with Crippen LogP contribution in [0.3, 0.4) is 0 Å². The molecule has 1 aromatic rings. The van der Waals surface area contributed by atoms with Gasteiger partial charge in [0.1, 0.15) is 5.75 Å². The largest absolute Gasteiger partial charge is 0.507 e. The molecule has 1 N–H and O–H groups in total. The minimum Gasteiger partial charge on any atom is -0.507 e. The van der Waals surface area contributed by atoms with E-state index < -0.39 is 0 Å². The van der Waals surface area contributed by atoms with E-state index in [1.54, 1.807) is 0 Å². The summed E-state index contributed by atoms with van der Waals surface area (Å²) in [5.74, 6) is 2.90. The highest BCUT2D eigenvalue weighted by molar-refractivity contribution is 9.08. The van der Waals surface area contributed by atoms with Gasteiger partial charge >= 0.3 is 0 Å². The highest BCUT2D eigenvalue weighted by atomic mass is 79.9. The quantitative estimate of drug-likeness (QED) is 0.409. The van der Waals surface area contributed by atoms with Crippen molar-refractivity contribution in [2.75, 3.05) is 0 Å². The molecule has 0 radical (unpaired) electrons. The maximum absolute atomic E-state index is 11.6. The molecule has 4 saturated carbocycles. The first-order valence-corrected chi connectivity index (χ1v) is 13.4. The topological polar surface area (TPSA) is 20.2 Å². The van der Waals surface area contributed by atoms with Crippen LogP contribution in [0.25, 0.3) is 0 Å². The van der Waals surface area contributed by atoms with Crippen molar-refractivity contribution in [1.82, 2.24) is 0 Å². The Bertz CT molecular complexity index is 815. The second-order valence-corrected chi connectivity index (χ2v) is 13.9. The van der Waals surface area contributed by atoms with E-state index >= 15 is 0 Å². The Morgan fingerprint density at radius 1 is 1.00 bits per heavy atom. The van der Waals surface area contributed by atoms with Gasteiger partial charge in [-0.3, -0.25) is 0 Å². The van der Waals surface area contributed by atoms with E-state index in [-0.39, 0.29) is 10.8 Å². The lowest BCUT2D eigenvalue weighted by atomic mass is 9.60. The van der Waals surface area contributed by atoms with E-state index in [1.165, 1.54) is 56.1 Å². The number of rotatable bonds is 6. The van der Waals surface area contributed by atoms with Crippen LogP contribution in [0.4, 0.5) is 0 Å². The average Bonchev–Trinajstić information content (AvgIpc) is 2.89. The van der Waals surface area contributed by atoms with Gasteiger partial charge in [-0.15, -0.1) is 0 Å². The van der Waals surface area contributed by atoms with Crippen LogP contribution in [-0.2, 0) is 16.2 Å². The van der Waals surface area contributed by atoms with Crippen LogP contribution in [0.15, 0.2) is 12.1 Å². The second-order valence-electron chi connectivity index (χ2n) is 13.3. The summed E-state index contributed by atoms with van der Waals surface area (Å²) in [6.07, 6.45) is 9.45. The first kappa shape index (κ1) is 22.7. The Hall–Kier alpha value is -0.500. The minimum absolute atomic E-state index is 0.0897. The molecule has 2 heteroatoms. The van der Waals surface area contributed by atoms with E-state index in [4.69, 9.17) is 0 Å². The molecule has 3 unspecified atom stereocenters. The van der Waals surface area contributed by atoms with Crippen molar-refractivity contribution in [2.24, 2.45) is 28.6 Å². The molecule has 0 saturated heterocycles. The van der Waals surface area contributed by atoms with Crippen LogP contribution >= 0.6 is 15.9 Å². The maximum Gasteiger partial charge on any atom is 0.123 e. The van der Waals surface area contributed by atoms with Crippen LogP contribution in [0.1, 0.15) is 110 Å². The summed E-state index contributed by atoms with van der Waals surface area (Å²) in [5.41, 5.74) is 4.87. The Morgan fingerprint density at radius 2 is 1.67 bits per heavy atom. The SMILES string of the molecule is CC(C)CC12CC3CC(c4cc(C(C)(C)C)cc(CBr)c4O)(C1)[C@](CC(C)C)(C3)C2. The Labute approximate surface area is 193 Å². The second kappa shape index (κ2) is 7.26. The molecule has 0 aliphatic heterocycles. The number of hydrogen-bond acceptors (Lipinski definition) is 1. The Kier molecular flexibility index (Phi) is 5.49. The molecule has 30 heavy (non-hydrogen) atoms. The van der Waals surface area contributed by atoms with Crippen molar-refractivity contribution in [2.45, 2.75) is 110 Å². The number of alkyl halides is 1. The van der Waals surface area contributed by atoms with Crippen LogP contribution < -0.4 is 0 Å². The third kappa shape index (κ3) is 3.39. The zero-order valence-electron chi connectivity index (χ0n) is 20.4. The maximum atomic E-state index is 11.6. The van der Waals surface area contributed by atoms with E-state index in [2.05, 4.69) is 76.5 Å². The van der Waals surface area contributed by atoms with Gasteiger partial charge in [0, 0.05) is 21.9 Å². The number of halogens is 1. The summed E-state index contributed by atoms with van der Waals surface area (Å²) in [6, 6.07) is 4.67. The third-order valence-corrected chi connectivity index (χ3v) is 9.40. The fourth-order valence-corrected chi connectivity index (χ4v) is 9.09. The van der Waals surface area contributed by atoms with E-state index in [0.717, 1.165) is 22.7 Å². The highest BCUT2D eigenvalue weighted by Crippen LogP contribution is 2.79. The summed E-state index contributed by atoms with van der Waals surface area (Å²) >= 11 is 3.68. The van der Waals surface area contributed by atoms with Crippen molar-refractivity contribution in [3.8, 4) is 5.75 Å². The standard InChI is InChI=1S/C28H43BrO/c1-18(2)10-26-12-20-13-27(16-26,11-19(3)4)28(14-20,17-26)23-9-22(25(5,6)7)8-21(15-29)24(23)30/h8-9,18-20,30H,10-17H2,1-7H3/t20?,26?,27-,28?/m1/s1. The number of phenolic OH excluding ortho intramolecular Hbond substituents is 1. The fraction of sp³-hybridized carbons (Fsp3) is 0.786. The zero-order chi connectivity index (χ0) is 22.1. The highest BCUT2D eigenvalue weighted by Gasteiger charge is 2.71. The predicted octanol–water partition coefficient (Wildman–Crippen LogP) is 8.49. The fourth-order valence-electron chi connectivity index (χ4n) is 8.66. The van der Waals surface area contributed by atoms with Crippen molar-refractivity contribution in [3.63, 3.8) is 0 Å². The predicted molar refractivity (Wildman–Crippen MR) is 131 cm³/mol. The number of aromatic hydroxyl groups is 1. The molecule has 0 heterocycles. The monoisotopic (exact) mass is 474 g/mol. The number of hydrogen-bond donors (Lipinski definition) is 1. The molecule has 4 fully saturated rings. The summed E-state index contributed by atoms with van der Waals surface area (Å²) < 4.78 is 0. The Morgan fingerprint density at radius 3 is 2.23 bits per heavy atom. The third-order valence-electron chi connectivity index (χ3n) is 8.80. The summed E-state index contributed by atoms with van der Waals surface area (Å²) in [7, 11) is 0. The molecular weight excluding hydrogens is 432 g/mol. The molecule has 0 amide bonds. The molecule has 1 aromatic carbocycles. The van der Waals surface area contributed by atoms with Crippen LogP contribution in [0, 0.1) is 28.6 Å². The minimum atomic E-state index is 0.0897. The molecule has 4 atom stereocenters. The molecule has 0 spiro atoms. The summed E-state index contributed by atoms with van der Waals surface area (Å²) in [6.45, 7) is 16.6. The van der Waals surface area contributed by atoms with Gasteiger partial charge in [-0.25, -0.2) is 0 Å². The first-order chi connectivity index (χ1) is 13.9. The average molecular weight is 476 g/mol. The Balaban J connectivity index is 1.92. The summed E-state index contributed by atoms with van der Waals surface area (Å²) in [5, 5.41) is 12.3. The van der Waals surface area contributed by atoms with Crippen LogP contribution in [0.2, 0.25) is 0 Å². The van der Waals surface area contributed by atoms with Gasteiger partial charge in [-0.1, -0.05) is 76.5 Å². The van der Waals surface area contributed by atoms with Crippen LogP contribution in [-0.4, -0.2) is 5.11 Å². The van der Waals surface area contributed by atoms with Crippen molar-refractivity contribution in [3.05, 3.63) is 28.8 Å². The van der Waals surface area contributed by atoms with Gasteiger partial charge in [0.15, 0.2) is 0 Å². The first-order valence-electron chi connectivity index (χ1n) is 12.3. The smallest absolute Gasteiger partial charge is 0.123 e.